The van der Waals surface area contributed by atoms with Crippen molar-refractivity contribution >= 4 is 11.3 Å². The third-order valence-electron chi connectivity index (χ3n) is 1.58. The van der Waals surface area contributed by atoms with Gasteiger partial charge in [-0.2, -0.15) is 13.2 Å². The molecule has 0 bridgehead atoms. The second-order valence-electron chi connectivity index (χ2n) is 2.97. The summed E-state index contributed by atoms with van der Waals surface area (Å²) in [5.74, 6) is 0. The molecular weight excluding hydrogens is 243 g/mol. The molecule has 0 saturated carbocycles. The minimum atomic E-state index is -4.44. The van der Waals surface area contributed by atoms with Crippen molar-refractivity contribution in [2.75, 3.05) is 19.7 Å². The van der Waals surface area contributed by atoms with Crippen molar-refractivity contribution in [3.63, 3.8) is 0 Å². The highest BCUT2D eigenvalue weighted by molar-refractivity contribution is 7.13. The van der Waals surface area contributed by atoms with Crippen LogP contribution < -0.4 is 10.1 Å². The van der Waals surface area contributed by atoms with Gasteiger partial charge in [0.2, 0.25) is 5.01 Å². The molecule has 8 heteroatoms. The lowest BCUT2D eigenvalue weighted by atomic mass is 10.5. The van der Waals surface area contributed by atoms with Gasteiger partial charge in [-0.25, -0.2) is 0 Å². The highest BCUT2D eigenvalue weighted by Crippen LogP contribution is 2.33. The Balaban J connectivity index is 2.30. The molecule has 0 atom stereocenters. The monoisotopic (exact) mass is 255 g/mol. The smallest absolute Gasteiger partial charge is 0.445 e. The van der Waals surface area contributed by atoms with Crippen molar-refractivity contribution < 1.29 is 17.9 Å². The minimum Gasteiger partial charge on any atom is -0.468 e. The van der Waals surface area contributed by atoms with Gasteiger partial charge < -0.3 is 10.1 Å². The van der Waals surface area contributed by atoms with E-state index in [1.807, 2.05) is 6.92 Å². The van der Waals surface area contributed by atoms with E-state index in [0.717, 1.165) is 13.0 Å². The topological polar surface area (TPSA) is 47.0 Å². The third kappa shape index (κ3) is 4.31. The van der Waals surface area contributed by atoms with Gasteiger partial charge in [0.25, 0.3) is 5.19 Å². The zero-order valence-electron chi connectivity index (χ0n) is 8.67. The number of nitrogens with zero attached hydrogens (tertiary/aromatic N) is 2. The molecule has 0 spiro atoms. The number of hydrogen-bond acceptors (Lipinski definition) is 5. The van der Waals surface area contributed by atoms with Gasteiger partial charge in [-0.05, 0) is 13.0 Å². The van der Waals surface area contributed by atoms with Gasteiger partial charge in [0, 0.05) is 6.54 Å². The van der Waals surface area contributed by atoms with Gasteiger partial charge in [0.05, 0.1) is 0 Å². The van der Waals surface area contributed by atoms with E-state index in [4.69, 9.17) is 4.74 Å². The maximum Gasteiger partial charge on any atom is 0.445 e. The van der Waals surface area contributed by atoms with E-state index in [1.165, 1.54) is 0 Å². The molecule has 1 aromatic rings. The van der Waals surface area contributed by atoms with E-state index < -0.39 is 11.2 Å². The first-order valence-corrected chi connectivity index (χ1v) is 5.60. The molecule has 0 amide bonds. The molecule has 16 heavy (non-hydrogen) atoms. The number of rotatable bonds is 6. The number of halogens is 3. The predicted octanol–water partition coefficient (Wildman–Crippen LogP) is 1.94. The maximum atomic E-state index is 12.1. The Kier molecular flexibility index (Phi) is 4.94. The Bertz CT molecular complexity index is 316. The number of aromatic nitrogens is 2. The third-order valence-corrected chi connectivity index (χ3v) is 2.46. The summed E-state index contributed by atoms with van der Waals surface area (Å²) >= 11 is 0.406. The van der Waals surface area contributed by atoms with Crippen LogP contribution in [0.2, 0.25) is 0 Å². The first-order chi connectivity index (χ1) is 7.54. The van der Waals surface area contributed by atoms with Gasteiger partial charge in [-0.3, -0.25) is 0 Å². The fourth-order valence-corrected chi connectivity index (χ4v) is 1.48. The summed E-state index contributed by atoms with van der Waals surface area (Å²) in [5, 5.41) is 8.32. The standard InChI is InChI=1S/C8H12F3N3OS/c1-2-3-12-4-5-15-7-14-13-6(16-7)8(9,10)11/h12H,2-5H2,1H3. The van der Waals surface area contributed by atoms with Crippen molar-refractivity contribution in [1.82, 2.24) is 15.5 Å². The molecule has 0 fully saturated rings. The summed E-state index contributed by atoms with van der Waals surface area (Å²) < 4.78 is 41.4. The number of hydrogen-bond donors (Lipinski definition) is 1. The normalized spacial score (nSPS) is 11.8. The van der Waals surface area contributed by atoms with E-state index in [2.05, 4.69) is 15.5 Å². The van der Waals surface area contributed by atoms with E-state index >= 15 is 0 Å². The zero-order valence-corrected chi connectivity index (χ0v) is 9.49. The van der Waals surface area contributed by atoms with Crippen LogP contribution in [0.15, 0.2) is 0 Å². The molecule has 1 N–H and O–H groups in total. The van der Waals surface area contributed by atoms with Crippen LogP contribution in [0, 0.1) is 0 Å². The largest absolute Gasteiger partial charge is 0.468 e. The van der Waals surface area contributed by atoms with Crippen molar-refractivity contribution in [1.29, 1.82) is 0 Å². The first kappa shape index (κ1) is 13.2. The molecule has 92 valence electrons. The van der Waals surface area contributed by atoms with E-state index in [1.54, 1.807) is 0 Å². The van der Waals surface area contributed by atoms with Crippen LogP contribution in [0.1, 0.15) is 18.4 Å². The maximum absolute atomic E-state index is 12.1. The molecule has 0 aliphatic rings. The van der Waals surface area contributed by atoms with E-state index in [-0.39, 0.29) is 11.8 Å². The lowest BCUT2D eigenvalue weighted by Crippen LogP contribution is -2.21. The van der Waals surface area contributed by atoms with Crippen LogP contribution in [-0.2, 0) is 6.18 Å². The van der Waals surface area contributed by atoms with Crippen molar-refractivity contribution in [3.05, 3.63) is 5.01 Å². The van der Waals surface area contributed by atoms with E-state index in [9.17, 15) is 13.2 Å². The van der Waals surface area contributed by atoms with E-state index in [0.29, 0.717) is 17.9 Å². The number of alkyl halides is 3. The zero-order chi connectivity index (χ0) is 12.0. The highest BCUT2D eigenvalue weighted by atomic mass is 32.1. The molecule has 0 aliphatic carbocycles. The molecule has 0 aromatic carbocycles. The molecule has 0 unspecified atom stereocenters. The number of nitrogens with one attached hydrogen (secondary N) is 1. The molecule has 1 rings (SSSR count). The minimum absolute atomic E-state index is 0.0503. The Morgan fingerprint density at radius 1 is 1.31 bits per heavy atom. The van der Waals surface area contributed by atoms with Crippen LogP contribution in [-0.4, -0.2) is 29.9 Å². The van der Waals surface area contributed by atoms with Crippen LogP contribution in [0.5, 0.6) is 5.19 Å². The lowest BCUT2D eigenvalue weighted by Gasteiger charge is -2.02. The molecule has 0 saturated heterocycles. The Morgan fingerprint density at radius 3 is 2.62 bits per heavy atom. The van der Waals surface area contributed by atoms with Crippen LogP contribution in [0.25, 0.3) is 0 Å². The SMILES string of the molecule is CCCNCCOc1nnc(C(F)(F)F)s1. The molecule has 1 aromatic heterocycles. The summed E-state index contributed by atoms with van der Waals surface area (Å²) in [6, 6.07) is 0. The van der Waals surface area contributed by atoms with Crippen LogP contribution in [0.4, 0.5) is 13.2 Å². The fraction of sp³-hybridized carbons (Fsp3) is 0.750. The Labute approximate surface area is 94.8 Å². The summed E-state index contributed by atoms with van der Waals surface area (Å²) in [6.45, 7) is 3.74. The van der Waals surface area contributed by atoms with Gasteiger partial charge in [0.1, 0.15) is 6.61 Å². The van der Waals surface area contributed by atoms with Gasteiger partial charge in [-0.1, -0.05) is 23.4 Å². The summed E-state index contributed by atoms with van der Waals surface area (Å²) in [6.07, 6.45) is -3.45. The average Bonchev–Trinajstić information content (AvgIpc) is 2.65. The van der Waals surface area contributed by atoms with Crippen LogP contribution >= 0.6 is 11.3 Å². The van der Waals surface area contributed by atoms with Gasteiger partial charge in [0.15, 0.2) is 0 Å². The Morgan fingerprint density at radius 2 is 2.06 bits per heavy atom. The molecule has 0 radical (unpaired) electrons. The first-order valence-electron chi connectivity index (χ1n) is 4.78. The molecule has 4 nitrogen and oxygen atoms in total. The van der Waals surface area contributed by atoms with Crippen molar-refractivity contribution in [2.24, 2.45) is 0 Å². The summed E-state index contributed by atoms with van der Waals surface area (Å²) in [5.41, 5.74) is 0. The van der Waals surface area contributed by atoms with Crippen molar-refractivity contribution in [2.45, 2.75) is 19.5 Å². The fourth-order valence-electron chi connectivity index (χ4n) is 0.895. The second-order valence-corrected chi connectivity index (χ2v) is 3.91. The number of ether oxygens (including phenoxy) is 1. The highest BCUT2D eigenvalue weighted by Gasteiger charge is 2.35. The summed E-state index contributed by atoms with van der Waals surface area (Å²) in [4.78, 5) is 0. The predicted molar refractivity (Wildman–Crippen MR) is 53.6 cm³/mol. The van der Waals surface area contributed by atoms with Gasteiger partial charge in [-0.15, -0.1) is 5.10 Å². The molecule has 0 aliphatic heterocycles. The van der Waals surface area contributed by atoms with Crippen LogP contribution in [0.3, 0.4) is 0 Å². The summed E-state index contributed by atoms with van der Waals surface area (Å²) in [7, 11) is 0. The molecule has 1 heterocycles. The Hall–Kier alpha value is -0.890. The quantitative estimate of drug-likeness (QED) is 0.789. The average molecular weight is 255 g/mol. The second kappa shape index (κ2) is 6.00. The van der Waals surface area contributed by atoms with Crippen molar-refractivity contribution in [3.8, 4) is 5.19 Å². The van der Waals surface area contributed by atoms with Gasteiger partial charge >= 0.3 is 6.18 Å². The molecular formula is C8H12F3N3OS. The lowest BCUT2D eigenvalue weighted by molar-refractivity contribution is -0.138.